The van der Waals surface area contributed by atoms with Crippen molar-refractivity contribution in [2.24, 2.45) is 0 Å². The van der Waals surface area contributed by atoms with Crippen LogP contribution in [0.3, 0.4) is 0 Å². The summed E-state index contributed by atoms with van der Waals surface area (Å²) < 4.78 is 5.25. The molecule has 1 aromatic heterocycles. The van der Waals surface area contributed by atoms with E-state index in [1.165, 1.54) is 24.0 Å². The lowest BCUT2D eigenvalue weighted by Crippen LogP contribution is -2.32. The number of carbonyl (C=O) groups excluding carboxylic acids is 2. The third-order valence-electron chi connectivity index (χ3n) is 2.52. The molecule has 0 aromatic carbocycles. The van der Waals surface area contributed by atoms with E-state index in [-0.39, 0.29) is 17.5 Å². The Morgan fingerprint density at radius 1 is 1.33 bits per heavy atom. The zero-order chi connectivity index (χ0) is 12.7. The van der Waals surface area contributed by atoms with E-state index in [9.17, 15) is 9.59 Å². The van der Waals surface area contributed by atoms with Crippen LogP contribution in [0.4, 0.5) is 5.82 Å². The Morgan fingerprint density at radius 3 is 2.83 bits per heavy atom. The monoisotopic (exact) mass is 282 g/mol. The second-order valence-corrected chi connectivity index (χ2v) is 5.18. The summed E-state index contributed by atoms with van der Waals surface area (Å²) in [6, 6.07) is 3.11. The van der Waals surface area contributed by atoms with Crippen LogP contribution >= 0.6 is 23.4 Å². The lowest BCUT2D eigenvalue weighted by Gasteiger charge is -2.12. The van der Waals surface area contributed by atoms with Crippen molar-refractivity contribution in [1.82, 2.24) is 4.98 Å². The lowest BCUT2D eigenvalue weighted by molar-refractivity contribution is -0.121. The van der Waals surface area contributed by atoms with Crippen molar-refractivity contribution < 1.29 is 14.3 Å². The highest BCUT2D eigenvalue weighted by molar-refractivity contribution is 8.04. The van der Waals surface area contributed by atoms with Gasteiger partial charge in [-0.1, -0.05) is 11.6 Å². The summed E-state index contributed by atoms with van der Waals surface area (Å²) >= 11 is 7.06. The molecule has 2 aliphatic heterocycles. The maximum absolute atomic E-state index is 12.1. The topological polar surface area (TPSA) is 59.5 Å². The van der Waals surface area contributed by atoms with E-state index in [0.29, 0.717) is 22.3 Å². The van der Waals surface area contributed by atoms with Crippen molar-refractivity contribution in [1.29, 1.82) is 0 Å². The molecule has 0 spiro atoms. The molecule has 3 rings (SSSR count). The molecule has 2 aliphatic rings. The molecule has 5 nitrogen and oxygen atoms in total. The smallest absolute Gasteiger partial charge is 0.303 e. The highest BCUT2D eigenvalue weighted by Crippen LogP contribution is 2.35. The number of anilines is 1. The molecule has 0 aliphatic carbocycles. The van der Waals surface area contributed by atoms with Crippen molar-refractivity contribution in [3.63, 3.8) is 0 Å². The standard InChI is InChI=1S/C11H7ClN2O3S/c12-6-1-2-7(13-5-6)14-10(15)8-9(11(14)16)18-4-3-17-8/h1-2,5H,3-4H2. The molecule has 18 heavy (non-hydrogen) atoms. The van der Waals surface area contributed by atoms with Crippen molar-refractivity contribution >= 4 is 41.0 Å². The lowest BCUT2D eigenvalue weighted by atomic mass is 10.4. The largest absolute Gasteiger partial charge is 0.486 e. The van der Waals surface area contributed by atoms with E-state index in [4.69, 9.17) is 16.3 Å². The number of nitrogens with zero attached hydrogens (tertiary/aromatic N) is 2. The molecule has 3 heterocycles. The van der Waals surface area contributed by atoms with E-state index in [2.05, 4.69) is 4.98 Å². The van der Waals surface area contributed by atoms with Gasteiger partial charge in [-0.15, -0.1) is 11.8 Å². The molecular formula is C11H7ClN2O3S. The number of thioether (sulfide) groups is 1. The number of ether oxygens (including phenoxy) is 1. The third-order valence-corrected chi connectivity index (χ3v) is 3.76. The third kappa shape index (κ3) is 1.69. The van der Waals surface area contributed by atoms with Gasteiger partial charge in [0.1, 0.15) is 10.7 Å². The molecule has 92 valence electrons. The summed E-state index contributed by atoms with van der Waals surface area (Å²) in [7, 11) is 0. The van der Waals surface area contributed by atoms with Gasteiger partial charge in [0.15, 0.2) is 0 Å². The molecule has 0 radical (unpaired) electrons. The van der Waals surface area contributed by atoms with Gasteiger partial charge in [-0.05, 0) is 12.1 Å². The Kier molecular flexibility index (Phi) is 2.76. The van der Waals surface area contributed by atoms with Crippen molar-refractivity contribution in [2.75, 3.05) is 17.3 Å². The Hall–Kier alpha value is -1.53. The Labute approximate surface area is 112 Å². The van der Waals surface area contributed by atoms with Crippen molar-refractivity contribution in [3.05, 3.63) is 34.0 Å². The molecule has 0 fully saturated rings. The maximum atomic E-state index is 12.1. The van der Waals surface area contributed by atoms with Crippen LogP contribution < -0.4 is 4.90 Å². The average Bonchev–Trinajstić information content (AvgIpc) is 2.64. The number of rotatable bonds is 1. The van der Waals surface area contributed by atoms with Crippen LogP contribution in [0.25, 0.3) is 0 Å². The van der Waals surface area contributed by atoms with Gasteiger partial charge in [-0.3, -0.25) is 9.59 Å². The van der Waals surface area contributed by atoms with Crippen molar-refractivity contribution in [3.8, 4) is 0 Å². The predicted octanol–water partition coefficient (Wildman–Crippen LogP) is 1.58. The van der Waals surface area contributed by atoms with Gasteiger partial charge in [0, 0.05) is 11.9 Å². The molecule has 7 heteroatoms. The summed E-state index contributed by atoms with van der Waals surface area (Å²) in [6.45, 7) is 0.435. The second kappa shape index (κ2) is 4.29. The Morgan fingerprint density at radius 2 is 2.17 bits per heavy atom. The zero-order valence-corrected chi connectivity index (χ0v) is 10.6. The van der Waals surface area contributed by atoms with Crippen LogP contribution in [0.5, 0.6) is 0 Å². The maximum Gasteiger partial charge on any atom is 0.303 e. The molecule has 0 unspecified atom stereocenters. The number of carbonyl (C=O) groups is 2. The van der Waals surface area contributed by atoms with Gasteiger partial charge in [0.05, 0.1) is 11.6 Å². The highest BCUT2D eigenvalue weighted by Gasteiger charge is 2.43. The zero-order valence-electron chi connectivity index (χ0n) is 9.05. The van der Waals surface area contributed by atoms with E-state index in [1.807, 2.05) is 0 Å². The summed E-state index contributed by atoms with van der Waals surface area (Å²) in [4.78, 5) is 29.5. The fourth-order valence-electron chi connectivity index (χ4n) is 1.74. The van der Waals surface area contributed by atoms with Crippen LogP contribution in [-0.4, -0.2) is 29.2 Å². The number of amides is 2. The number of aromatic nitrogens is 1. The summed E-state index contributed by atoms with van der Waals surface area (Å²) in [5, 5.41) is 0.446. The minimum absolute atomic E-state index is 0.132. The summed E-state index contributed by atoms with van der Waals surface area (Å²) in [6.07, 6.45) is 1.39. The van der Waals surface area contributed by atoms with Gasteiger partial charge in [0.25, 0.3) is 5.91 Å². The molecule has 0 saturated carbocycles. The first-order valence-corrected chi connectivity index (χ1v) is 6.55. The molecule has 0 saturated heterocycles. The first-order chi connectivity index (χ1) is 8.68. The van der Waals surface area contributed by atoms with Crippen LogP contribution in [-0.2, 0) is 14.3 Å². The highest BCUT2D eigenvalue weighted by atomic mass is 35.5. The van der Waals surface area contributed by atoms with Crippen LogP contribution in [0.2, 0.25) is 5.02 Å². The average molecular weight is 283 g/mol. The Bertz CT molecular complexity index is 542. The molecule has 0 bridgehead atoms. The van der Waals surface area contributed by atoms with Gasteiger partial charge in [-0.25, -0.2) is 9.88 Å². The van der Waals surface area contributed by atoms with E-state index in [0.717, 1.165) is 4.90 Å². The number of hydrogen-bond donors (Lipinski definition) is 0. The first kappa shape index (κ1) is 11.6. The molecule has 1 aromatic rings. The fourth-order valence-corrected chi connectivity index (χ4v) is 2.71. The van der Waals surface area contributed by atoms with Crippen LogP contribution in [0.15, 0.2) is 29.0 Å². The fraction of sp³-hybridized carbons (Fsp3) is 0.182. The SMILES string of the molecule is O=C1C2=C(SCCO2)C(=O)N1c1ccc(Cl)cn1. The Balaban J connectivity index is 1.99. The van der Waals surface area contributed by atoms with Gasteiger partial charge in [-0.2, -0.15) is 0 Å². The quantitative estimate of drug-likeness (QED) is 0.732. The minimum Gasteiger partial charge on any atom is -0.486 e. The first-order valence-electron chi connectivity index (χ1n) is 5.18. The predicted molar refractivity (Wildman–Crippen MR) is 67.2 cm³/mol. The van der Waals surface area contributed by atoms with E-state index < -0.39 is 5.91 Å². The summed E-state index contributed by atoms with van der Waals surface area (Å²) in [5.74, 6) is 0.215. The molecule has 0 atom stereocenters. The molecule has 0 N–H and O–H groups in total. The molecular weight excluding hydrogens is 276 g/mol. The normalized spacial score (nSPS) is 19.1. The number of imide groups is 1. The second-order valence-electron chi connectivity index (χ2n) is 3.64. The number of halogens is 1. The van der Waals surface area contributed by atoms with Crippen molar-refractivity contribution in [2.45, 2.75) is 0 Å². The van der Waals surface area contributed by atoms with E-state index >= 15 is 0 Å². The number of hydrogen-bond acceptors (Lipinski definition) is 5. The van der Waals surface area contributed by atoms with Gasteiger partial charge in [0.2, 0.25) is 5.76 Å². The van der Waals surface area contributed by atoms with Crippen LogP contribution in [0, 0.1) is 0 Å². The van der Waals surface area contributed by atoms with Gasteiger partial charge >= 0.3 is 5.91 Å². The summed E-state index contributed by atoms with van der Waals surface area (Å²) in [5.41, 5.74) is 0. The van der Waals surface area contributed by atoms with Gasteiger partial charge < -0.3 is 4.74 Å². The molecule has 2 amide bonds. The van der Waals surface area contributed by atoms with E-state index in [1.54, 1.807) is 6.07 Å². The minimum atomic E-state index is -0.461. The van der Waals surface area contributed by atoms with Crippen LogP contribution in [0.1, 0.15) is 0 Å². The number of pyridine rings is 1.